The number of carboxylic acids is 1. The molecule has 0 radical (unpaired) electrons. The molecule has 29 heavy (non-hydrogen) atoms. The lowest BCUT2D eigenvalue weighted by molar-refractivity contribution is -0.145. The summed E-state index contributed by atoms with van der Waals surface area (Å²) in [4.78, 5) is 37.2. The molecular weight excluding hydrogens is 381 g/mol. The first kappa shape index (κ1) is 21.1. The number of hydrogen-bond acceptors (Lipinski definition) is 7. The molecule has 1 aromatic carbocycles. The lowest BCUT2D eigenvalue weighted by atomic mass is 9.70. The highest BCUT2D eigenvalue weighted by Gasteiger charge is 2.37. The number of likely N-dealkylation sites (tertiary alicyclic amines) is 1. The highest BCUT2D eigenvalue weighted by molar-refractivity contribution is 6.59. The molecule has 0 aromatic heterocycles. The minimum atomic E-state index is -3.10. The van der Waals surface area contributed by atoms with Gasteiger partial charge < -0.3 is 29.4 Å². The Kier molecular flexibility index (Phi) is 5.86. The summed E-state index contributed by atoms with van der Waals surface area (Å²) in [5.41, 5.74) is 0.304. The summed E-state index contributed by atoms with van der Waals surface area (Å²) in [6.45, 7) is 0.939. The Morgan fingerprint density at radius 2 is 2.00 bits per heavy atom. The van der Waals surface area contributed by atoms with E-state index < -0.39 is 24.7 Å². The topological polar surface area (TPSA) is 134 Å². The summed E-state index contributed by atoms with van der Waals surface area (Å²) < 4.78 is 10.9. The van der Waals surface area contributed by atoms with Gasteiger partial charge in [0.15, 0.2) is 0 Å². The second kappa shape index (κ2) is 8.04. The van der Waals surface area contributed by atoms with Gasteiger partial charge >= 0.3 is 12.7 Å². The van der Waals surface area contributed by atoms with Crippen LogP contribution >= 0.6 is 0 Å². The van der Waals surface area contributed by atoms with E-state index in [1.165, 1.54) is 6.07 Å². The first-order chi connectivity index (χ1) is 13.6. The third kappa shape index (κ3) is 4.54. The molecule has 1 fully saturated rings. The van der Waals surface area contributed by atoms with Crippen LogP contribution in [0.1, 0.15) is 42.6 Å². The molecule has 10 heteroatoms. The van der Waals surface area contributed by atoms with Crippen LogP contribution < -0.4 is 9.39 Å². The van der Waals surface area contributed by atoms with E-state index in [1.807, 2.05) is 0 Å². The van der Waals surface area contributed by atoms with Crippen molar-refractivity contribution in [3.63, 3.8) is 0 Å². The third-order valence-electron chi connectivity index (χ3n) is 5.31. The number of carboxylic acid groups (broad SMARTS) is 1. The molecule has 158 valence electrons. The summed E-state index contributed by atoms with van der Waals surface area (Å²) in [7, 11) is 0. The van der Waals surface area contributed by atoms with E-state index in [0.717, 1.165) is 0 Å². The number of fused-ring (bicyclic) bond motifs is 1. The molecule has 3 rings (SSSR count). The van der Waals surface area contributed by atoms with Crippen LogP contribution in [-0.4, -0.2) is 63.7 Å². The van der Waals surface area contributed by atoms with Gasteiger partial charge in [-0.05, 0) is 18.1 Å². The smallest absolute Gasteiger partial charge is 0.430 e. The summed E-state index contributed by atoms with van der Waals surface area (Å²) in [6.07, 6.45) is 0.472. The van der Waals surface area contributed by atoms with Crippen LogP contribution in [0.25, 0.3) is 0 Å². The van der Waals surface area contributed by atoms with E-state index in [-0.39, 0.29) is 61.0 Å². The van der Waals surface area contributed by atoms with Gasteiger partial charge in [-0.3, -0.25) is 9.59 Å². The zero-order valence-corrected chi connectivity index (χ0v) is 16.5. The van der Waals surface area contributed by atoms with E-state index in [1.54, 1.807) is 24.8 Å². The molecule has 3 N–H and O–H groups in total. The Morgan fingerprint density at radius 1 is 1.31 bits per heavy atom. The van der Waals surface area contributed by atoms with E-state index in [4.69, 9.17) is 9.39 Å². The Balaban J connectivity index is 1.67. The molecule has 0 bridgehead atoms. The first-order valence-electron chi connectivity index (χ1n) is 9.77. The van der Waals surface area contributed by atoms with Crippen molar-refractivity contribution in [3.8, 4) is 11.5 Å². The third-order valence-corrected chi connectivity index (χ3v) is 5.31. The summed E-state index contributed by atoms with van der Waals surface area (Å²) in [6, 6.07) is 3.16. The summed E-state index contributed by atoms with van der Waals surface area (Å²) >= 11 is 0. The number of rotatable bonds is 7. The summed E-state index contributed by atoms with van der Waals surface area (Å²) in [5, 5.41) is 29.2. The zero-order valence-electron chi connectivity index (χ0n) is 16.5. The van der Waals surface area contributed by atoms with Gasteiger partial charge in [0, 0.05) is 18.8 Å². The maximum atomic E-state index is 12.4. The van der Waals surface area contributed by atoms with Crippen molar-refractivity contribution in [2.75, 3.05) is 13.1 Å². The maximum Gasteiger partial charge on any atom is 0.430 e. The number of carbonyl (C=O) groups excluding carboxylic acids is 2. The van der Waals surface area contributed by atoms with Crippen LogP contribution in [0.3, 0.4) is 0 Å². The zero-order chi connectivity index (χ0) is 21.3. The van der Waals surface area contributed by atoms with Gasteiger partial charge in [-0.25, -0.2) is 4.79 Å². The number of nitrogens with zero attached hydrogens (tertiary/aromatic N) is 1. The number of benzene rings is 1. The number of hydrogen-bond donors (Lipinski definition) is 3. The fraction of sp³-hybridized carbons (Fsp3) is 0.526. The average molecular weight is 406 g/mol. The molecule has 1 amide bonds. The van der Waals surface area contributed by atoms with Crippen LogP contribution in [0.2, 0.25) is 6.32 Å². The second-order valence-electron chi connectivity index (χ2n) is 7.73. The molecule has 1 atom stereocenters. The molecule has 2 aliphatic rings. The van der Waals surface area contributed by atoms with E-state index in [0.29, 0.717) is 12.0 Å². The quantitative estimate of drug-likeness (QED) is 0.568. The van der Waals surface area contributed by atoms with Crippen molar-refractivity contribution in [2.24, 2.45) is 5.92 Å². The van der Waals surface area contributed by atoms with Gasteiger partial charge in [0.2, 0.25) is 5.91 Å². The van der Waals surface area contributed by atoms with Crippen LogP contribution in [0.5, 0.6) is 11.5 Å². The van der Waals surface area contributed by atoms with Crippen LogP contribution in [0.4, 0.5) is 0 Å². The summed E-state index contributed by atoms with van der Waals surface area (Å²) in [5.74, 6) is -1.85. The highest BCUT2D eigenvalue weighted by atomic mass is 16.6. The number of Topliss-reactive ketones (excluding diaryl/α,β-unsaturated/α-hetero) is 1. The average Bonchev–Trinajstić information content (AvgIpc) is 2.61. The first-order valence-corrected chi connectivity index (χ1v) is 9.77. The van der Waals surface area contributed by atoms with Crippen molar-refractivity contribution in [1.29, 1.82) is 0 Å². The molecule has 9 nitrogen and oxygen atoms in total. The fourth-order valence-electron chi connectivity index (χ4n) is 3.59. The van der Waals surface area contributed by atoms with Gasteiger partial charge in [-0.1, -0.05) is 26.2 Å². The number of aromatic carboxylic acids is 1. The van der Waals surface area contributed by atoms with Gasteiger partial charge in [0.05, 0.1) is 18.8 Å². The molecule has 0 aliphatic carbocycles. The van der Waals surface area contributed by atoms with E-state index in [2.05, 4.69) is 0 Å². The normalized spacial score (nSPS) is 18.8. The predicted molar refractivity (Wildman–Crippen MR) is 103 cm³/mol. The SMILES string of the molecule is CCC(=O)C[C@H](C)C(=O)N1CC(Oc2ccc3c(c2C(=O)O)O[B-](O)(O)CC3)C1. The minimum Gasteiger partial charge on any atom is -0.669 e. The van der Waals surface area contributed by atoms with Crippen molar-refractivity contribution in [3.05, 3.63) is 23.3 Å². The molecule has 0 spiro atoms. The van der Waals surface area contributed by atoms with Crippen molar-refractivity contribution in [1.82, 2.24) is 4.90 Å². The number of ketones is 1. The Morgan fingerprint density at radius 3 is 2.62 bits per heavy atom. The van der Waals surface area contributed by atoms with E-state index in [9.17, 15) is 29.5 Å². The largest absolute Gasteiger partial charge is 0.669 e. The van der Waals surface area contributed by atoms with Crippen LogP contribution in [0.15, 0.2) is 12.1 Å². The lowest BCUT2D eigenvalue weighted by Crippen LogP contribution is -2.57. The van der Waals surface area contributed by atoms with E-state index >= 15 is 0 Å². The number of carbonyl (C=O) groups is 3. The van der Waals surface area contributed by atoms with Gasteiger partial charge in [-0.2, -0.15) is 0 Å². The standard InChI is InChI=1S/C19H25BNO8/c1-3-13(22)8-11(2)18(23)21-9-14(10-21)28-15-5-4-12-6-7-20(26,27)29-17(12)16(15)19(24)25/h4-5,11,14,26-27H,3,6-10H2,1-2H3,(H,24,25)/q-1/t11-/m0/s1. The van der Waals surface area contributed by atoms with Crippen molar-refractivity contribution >= 4 is 24.4 Å². The minimum absolute atomic E-state index is 0.00925. The van der Waals surface area contributed by atoms with Gasteiger partial charge in [0.1, 0.15) is 23.2 Å². The van der Waals surface area contributed by atoms with Crippen LogP contribution in [-0.2, 0) is 16.0 Å². The van der Waals surface area contributed by atoms with Crippen LogP contribution in [0, 0.1) is 5.92 Å². The number of amides is 1. The molecule has 2 aliphatic heterocycles. The Bertz CT molecular complexity index is 834. The molecule has 0 unspecified atom stereocenters. The molecule has 1 saturated heterocycles. The van der Waals surface area contributed by atoms with Gasteiger partial charge in [-0.15, -0.1) is 0 Å². The van der Waals surface area contributed by atoms with Gasteiger partial charge in [0.25, 0.3) is 0 Å². The Labute approximate surface area is 168 Å². The Hall–Kier alpha value is -2.59. The lowest BCUT2D eigenvalue weighted by Gasteiger charge is -2.41. The monoisotopic (exact) mass is 406 g/mol. The molecular formula is C19H25BNO8-. The second-order valence-corrected chi connectivity index (χ2v) is 7.73. The number of aryl methyl sites for hydroxylation is 1. The predicted octanol–water partition coefficient (Wildman–Crippen LogP) is 0.838. The van der Waals surface area contributed by atoms with Crippen molar-refractivity contribution in [2.45, 2.75) is 45.5 Å². The van der Waals surface area contributed by atoms with Crippen molar-refractivity contribution < 1.29 is 38.9 Å². The fourth-order valence-corrected chi connectivity index (χ4v) is 3.59. The molecule has 0 saturated carbocycles. The highest BCUT2D eigenvalue weighted by Crippen LogP contribution is 2.39. The molecule has 1 aromatic rings. The maximum absolute atomic E-state index is 12.4. The molecule has 2 heterocycles. The number of ether oxygens (including phenoxy) is 1.